The number of carbonyl (C=O) groups excluding carboxylic acids is 3. The van der Waals surface area contributed by atoms with Gasteiger partial charge in [0.15, 0.2) is 0 Å². The Labute approximate surface area is 262 Å². The normalized spacial score (nSPS) is 24.7. The first-order valence-electron chi connectivity index (χ1n) is 15.7. The molecule has 1 aromatic carbocycles. The zero-order valence-corrected chi connectivity index (χ0v) is 27.5. The van der Waals surface area contributed by atoms with Gasteiger partial charge in [0, 0.05) is 30.6 Å². The third-order valence-corrected chi connectivity index (χ3v) is 8.14. The monoisotopic (exact) mass is 622 g/mol. The van der Waals surface area contributed by atoms with Gasteiger partial charge in [0.1, 0.15) is 17.3 Å². The van der Waals surface area contributed by atoms with Gasteiger partial charge in [-0.3, -0.25) is 0 Å². The molecule has 4 unspecified atom stereocenters. The molecule has 3 rings (SSSR count). The molecular formula is C33H51ClN2O7. The third-order valence-electron chi connectivity index (χ3n) is 7.89. The highest BCUT2D eigenvalue weighted by Crippen LogP contribution is 2.34. The lowest BCUT2D eigenvalue weighted by molar-refractivity contribution is -0.0467. The summed E-state index contributed by atoms with van der Waals surface area (Å²) in [6, 6.07) is 6.45. The molecule has 1 N–H and O–H groups in total. The van der Waals surface area contributed by atoms with Crippen molar-refractivity contribution in [3.8, 4) is 0 Å². The molecule has 1 saturated heterocycles. The van der Waals surface area contributed by atoms with Crippen molar-refractivity contribution < 1.29 is 33.7 Å². The lowest BCUT2D eigenvalue weighted by Crippen LogP contribution is -2.50. The van der Waals surface area contributed by atoms with Crippen LogP contribution in [-0.2, 0) is 14.2 Å². The molecule has 10 heteroatoms. The summed E-state index contributed by atoms with van der Waals surface area (Å²) in [6.07, 6.45) is 4.41. The van der Waals surface area contributed by atoms with Crippen LogP contribution in [0.4, 0.5) is 9.59 Å². The molecule has 2 aliphatic rings. The predicted octanol–water partition coefficient (Wildman–Crippen LogP) is 7.08. The summed E-state index contributed by atoms with van der Waals surface area (Å²) in [5.74, 6) is -1.28. The van der Waals surface area contributed by atoms with Crippen molar-refractivity contribution in [1.29, 1.82) is 0 Å². The minimum atomic E-state index is -0.820. The van der Waals surface area contributed by atoms with E-state index in [2.05, 4.69) is 0 Å². The number of hydrogen-bond donors (Lipinski definition) is 1. The molecular weight excluding hydrogens is 572 g/mol. The van der Waals surface area contributed by atoms with E-state index in [1.807, 2.05) is 20.8 Å². The highest BCUT2D eigenvalue weighted by atomic mass is 35.5. The fraction of sp³-hybridized carbons (Fsp3) is 0.727. The van der Waals surface area contributed by atoms with E-state index in [0.717, 1.165) is 38.5 Å². The number of carbonyl (C=O) groups is 3. The van der Waals surface area contributed by atoms with Gasteiger partial charge in [0.05, 0.1) is 18.2 Å². The Hall–Kier alpha value is -2.52. The van der Waals surface area contributed by atoms with E-state index >= 15 is 0 Å². The summed E-state index contributed by atoms with van der Waals surface area (Å²) < 4.78 is 17.8. The van der Waals surface area contributed by atoms with E-state index in [4.69, 9.17) is 25.8 Å². The van der Waals surface area contributed by atoms with Gasteiger partial charge in [0.2, 0.25) is 0 Å². The largest absolute Gasteiger partial charge is 0.457 e. The molecule has 9 nitrogen and oxygen atoms in total. The fourth-order valence-electron chi connectivity index (χ4n) is 5.84. The topological polar surface area (TPSA) is 106 Å². The number of nitrogens with zero attached hydrogens (tertiary/aromatic N) is 2. The average molecular weight is 623 g/mol. The van der Waals surface area contributed by atoms with Crippen LogP contribution in [0.5, 0.6) is 0 Å². The Balaban J connectivity index is 2.06. The molecule has 1 heterocycles. The van der Waals surface area contributed by atoms with Gasteiger partial charge in [-0.05, 0) is 91.0 Å². The summed E-state index contributed by atoms with van der Waals surface area (Å²) >= 11 is 6.06. The Morgan fingerprint density at radius 2 is 1.26 bits per heavy atom. The number of esters is 1. The van der Waals surface area contributed by atoms with Crippen molar-refractivity contribution in [3.63, 3.8) is 0 Å². The summed E-state index contributed by atoms with van der Waals surface area (Å²) in [5.41, 5.74) is -1.10. The summed E-state index contributed by atoms with van der Waals surface area (Å²) in [5, 5.41) is 12.0. The van der Waals surface area contributed by atoms with Crippen LogP contribution in [0.25, 0.3) is 0 Å². The number of rotatable bonds is 3. The van der Waals surface area contributed by atoms with Gasteiger partial charge in [-0.15, -0.1) is 0 Å². The third kappa shape index (κ3) is 11.5. The van der Waals surface area contributed by atoms with Crippen molar-refractivity contribution in [2.75, 3.05) is 26.2 Å². The van der Waals surface area contributed by atoms with Crippen LogP contribution >= 0.6 is 11.6 Å². The maximum atomic E-state index is 13.5. The first kappa shape index (κ1) is 35.0. The van der Waals surface area contributed by atoms with E-state index < -0.39 is 47.5 Å². The first-order chi connectivity index (χ1) is 20.1. The van der Waals surface area contributed by atoms with Crippen LogP contribution in [-0.4, -0.2) is 82.7 Å². The standard InChI is InChI=1S/C33H51ClN2O7/c1-32(2,3)42-30(39)35-19-12-20-36(31(40)43-33(4,5)6)22-28(41-29(38)23-15-17-24(34)18-16-23)26(21-35)25-13-10-8-7-9-11-14-27(25)37/h15-18,25-28,37H,7-14,19-22H2,1-6H3. The van der Waals surface area contributed by atoms with Crippen molar-refractivity contribution in [3.05, 3.63) is 34.9 Å². The summed E-state index contributed by atoms with van der Waals surface area (Å²) in [4.78, 5) is 43.7. The molecule has 0 radical (unpaired) electrons. The Morgan fingerprint density at radius 1 is 0.744 bits per heavy atom. The van der Waals surface area contributed by atoms with E-state index in [0.29, 0.717) is 36.5 Å². The van der Waals surface area contributed by atoms with Gasteiger partial charge in [0.25, 0.3) is 0 Å². The first-order valence-corrected chi connectivity index (χ1v) is 16.1. The highest BCUT2D eigenvalue weighted by molar-refractivity contribution is 6.30. The van der Waals surface area contributed by atoms with E-state index in [-0.39, 0.29) is 19.0 Å². The molecule has 1 aliphatic heterocycles. The van der Waals surface area contributed by atoms with Gasteiger partial charge < -0.3 is 29.1 Å². The second-order valence-electron chi connectivity index (χ2n) is 13.9. The van der Waals surface area contributed by atoms with Crippen LogP contribution in [0.15, 0.2) is 24.3 Å². The average Bonchev–Trinajstić information content (AvgIpc) is 3.05. The molecule has 2 amide bonds. The van der Waals surface area contributed by atoms with E-state index in [1.54, 1.807) is 54.8 Å². The lowest BCUT2D eigenvalue weighted by atomic mass is 9.78. The number of ether oxygens (including phenoxy) is 3. The summed E-state index contributed by atoms with van der Waals surface area (Å²) in [7, 11) is 0. The number of hydrogen-bond acceptors (Lipinski definition) is 7. The van der Waals surface area contributed by atoms with Crippen LogP contribution in [0.3, 0.4) is 0 Å². The van der Waals surface area contributed by atoms with Gasteiger partial charge in [-0.2, -0.15) is 0 Å². The number of benzene rings is 1. The lowest BCUT2D eigenvalue weighted by Gasteiger charge is -2.39. The van der Waals surface area contributed by atoms with Gasteiger partial charge in [-0.1, -0.05) is 43.7 Å². The highest BCUT2D eigenvalue weighted by Gasteiger charge is 2.41. The molecule has 2 fully saturated rings. The molecule has 0 spiro atoms. The van der Waals surface area contributed by atoms with Crippen LogP contribution in [0, 0.1) is 11.8 Å². The van der Waals surface area contributed by atoms with Crippen molar-refractivity contribution in [1.82, 2.24) is 9.80 Å². The van der Waals surface area contributed by atoms with Gasteiger partial charge >= 0.3 is 18.2 Å². The van der Waals surface area contributed by atoms with Crippen molar-refractivity contribution >= 4 is 29.8 Å². The van der Waals surface area contributed by atoms with Crippen LogP contribution in [0.1, 0.15) is 103 Å². The van der Waals surface area contributed by atoms with Crippen molar-refractivity contribution in [2.24, 2.45) is 11.8 Å². The number of halogens is 1. The SMILES string of the molecule is CC(C)(C)OC(=O)N1CCCN(C(=O)OC(C)(C)C)CC(C2CCCCCCCC2O)C(OC(=O)c2ccc(Cl)cc2)C1. The fourth-order valence-corrected chi connectivity index (χ4v) is 5.97. The molecule has 0 aromatic heterocycles. The predicted molar refractivity (Wildman–Crippen MR) is 166 cm³/mol. The molecule has 4 atom stereocenters. The zero-order chi connectivity index (χ0) is 31.8. The molecule has 1 aliphatic carbocycles. The van der Waals surface area contributed by atoms with E-state index in [1.165, 1.54) is 0 Å². The second-order valence-corrected chi connectivity index (χ2v) is 14.3. The Morgan fingerprint density at radius 3 is 1.81 bits per heavy atom. The maximum Gasteiger partial charge on any atom is 0.410 e. The van der Waals surface area contributed by atoms with Crippen LogP contribution < -0.4 is 0 Å². The number of aliphatic hydroxyl groups excluding tert-OH is 1. The minimum absolute atomic E-state index is 0.0737. The molecule has 43 heavy (non-hydrogen) atoms. The second kappa shape index (κ2) is 15.5. The minimum Gasteiger partial charge on any atom is -0.457 e. The zero-order valence-electron chi connectivity index (χ0n) is 26.8. The maximum absolute atomic E-state index is 13.5. The Kier molecular flexibility index (Phi) is 12.6. The van der Waals surface area contributed by atoms with Gasteiger partial charge in [-0.25, -0.2) is 14.4 Å². The molecule has 1 aromatic rings. The molecule has 1 saturated carbocycles. The summed E-state index contributed by atoms with van der Waals surface area (Å²) in [6.45, 7) is 11.8. The van der Waals surface area contributed by atoms with E-state index in [9.17, 15) is 19.5 Å². The quantitative estimate of drug-likeness (QED) is 0.284. The smallest absolute Gasteiger partial charge is 0.410 e. The molecule has 242 valence electrons. The molecule has 0 bridgehead atoms. The Bertz CT molecular complexity index is 1070. The van der Waals surface area contributed by atoms with Crippen molar-refractivity contribution in [2.45, 2.75) is 116 Å². The number of aliphatic hydroxyl groups is 1. The number of amides is 2. The van der Waals surface area contributed by atoms with Crippen LogP contribution in [0.2, 0.25) is 5.02 Å².